The van der Waals surface area contributed by atoms with Crippen LogP contribution in [0.25, 0.3) is 0 Å². The van der Waals surface area contributed by atoms with Crippen molar-refractivity contribution in [3.8, 4) is 0 Å². The van der Waals surface area contributed by atoms with E-state index in [2.05, 4.69) is 15.3 Å². The Labute approximate surface area is 79.5 Å². The highest BCUT2D eigenvalue weighted by Gasteiger charge is 2.14. The Morgan fingerprint density at radius 3 is 3.14 bits per heavy atom. The van der Waals surface area contributed by atoms with Crippen LogP contribution in [0.2, 0.25) is 0 Å². The Hall–Kier alpha value is -2.11. The number of hydrogen-bond donors (Lipinski definition) is 2. The molecule has 0 saturated heterocycles. The molecule has 0 saturated carbocycles. The lowest BCUT2D eigenvalue weighted by atomic mass is 10.2. The van der Waals surface area contributed by atoms with Crippen molar-refractivity contribution in [1.82, 2.24) is 10.2 Å². The maximum atomic E-state index is 10.7. The third-order valence-corrected chi connectivity index (χ3v) is 1.78. The summed E-state index contributed by atoms with van der Waals surface area (Å²) in [5.74, 6) is -0.997. The van der Waals surface area contributed by atoms with E-state index < -0.39 is 5.97 Å². The van der Waals surface area contributed by atoms with Gasteiger partial charge in [-0.3, -0.25) is 5.10 Å². The van der Waals surface area contributed by atoms with Crippen LogP contribution in [0.1, 0.15) is 6.42 Å². The minimum atomic E-state index is -0.997. The molecule has 0 spiro atoms. The van der Waals surface area contributed by atoms with Gasteiger partial charge in [-0.15, -0.1) is 0 Å². The Kier molecular flexibility index (Phi) is 2.02. The molecule has 1 aliphatic heterocycles. The molecule has 0 atom stereocenters. The van der Waals surface area contributed by atoms with Crippen LogP contribution in [0.5, 0.6) is 0 Å². The van der Waals surface area contributed by atoms with Crippen LogP contribution in [-0.4, -0.2) is 27.0 Å². The topological polar surface area (TPSA) is 81.6 Å². The van der Waals surface area contributed by atoms with Gasteiger partial charge in [0.15, 0.2) is 0 Å². The number of nitrogens with one attached hydrogen (secondary N) is 1. The standard InChI is InChI=1S/C8H8N4O2/c13-8(14)7-2-1-3-12(11-7)6-4-9-10-5-6/h1,3-5H,2H2,(H,9,10)(H,13,14). The number of allylic oxidation sites excluding steroid dienone is 1. The van der Waals surface area contributed by atoms with Gasteiger partial charge in [0.1, 0.15) is 11.4 Å². The van der Waals surface area contributed by atoms with Gasteiger partial charge in [0.25, 0.3) is 0 Å². The van der Waals surface area contributed by atoms with Crippen LogP contribution >= 0.6 is 0 Å². The molecule has 2 rings (SSSR count). The summed E-state index contributed by atoms with van der Waals surface area (Å²) in [4.78, 5) is 10.7. The summed E-state index contributed by atoms with van der Waals surface area (Å²) in [5, 5.41) is 20.5. The highest BCUT2D eigenvalue weighted by atomic mass is 16.4. The summed E-state index contributed by atoms with van der Waals surface area (Å²) in [5.41, 5.74) is 0.827. The molecule has 6 nitrogen and oxygen atoms in total. The SMILES string of the molecule is O=C(O)C1=NN(c2cn[nH]c2)C=CC1. The highest BCUT2D eigenvalue weighted by Crippen LogP contribution is 2.15. The molecule has 0 aromatic carbocycles. The Bertz CT molecular complexity index is 393. The summed E-state index contributed by atoms with van der Waals surface area (Å²) in [6, 6.07) is 0. The fraction of sp³-hybridized carbons (Fsp3) is 0.125. The number of H-pyrrole nitrogens is 1. The quantitative estimate of drug-likeness (QED) is 0.717. The van der Waals surface area contributed by atoms with Crippen LogP contribution in [0, 0.1) is 0 Å². The van der Waals surface area contributed by atoms with Crippen LogP contribution in [0.4, 0.5) is 5.69 Å². The van der Waals surface area contributed by atoms with Gasteiger partial charge in [0.2, 0.25) is 0 Å². The number of anilines is 1. The monoisotopic (exact) mass is 192 g/mol. The van der Waals surface area contributed by atoms with E-state index >= 15 is 0 Å². The number of aliphatic carboxylic acids is 1. The second-order valence-electron chi connectivity index (χ2n) is 2.74. The molecule has 0 bridgehead atoms. The first kappa shape index (κ1) is 8.49. The fourth-order valence-corrected chi connectivity index (χ4v) is 1.11. The molecule has 2 heterocycles. The first-order chi connectivity index (χ1) is 6.77. The third-order valence-electron chi connectivity index (χ3n) is 1.78. The number of carbonyl (C=O) groups is 1. The number of aromatic amines is 1. The molecule has 72 valence electrons. The maximum absolute atomic E-state index is 10.7. The summed E-state index contributed by atoms with van der Waals surface area (Å²) >= 11 is 0. The number of hydrazone groups is 1. The lowest BCUT2D eigenvalue weighted by molar-refractivity contribution is -0.129. The summed E-state index contributed by atoms with van der Waals surface area (Å²) in [6.45, 7) is 0. The Morgan fingerprint density at radius 2 is 2.50 bits per heavy atom. The molecule has 0 radical (unpaired) electrons. The second kappa shape index (κ2) is 3.33. The molecule has 1 aromatic heterocycles. The zero-order chi connectivity index (χ0) is 9.97. The molecule has 14 heavy (non-hydrogen) atoms. The van der Waals surface area contributed by atoms with Crippen molar-refractivity contribution in [2.24, 2.45) is 5.10 Å². The van der Waals surface area contributed by atoms with Crippen molar-refractivity contribution in [2.45, 2.75) is 6.42 Å². The molecule has 1 aromatic rings. The summed E-state index contributed by atoms with van der Waals surface area (Å²) < 4.78 is 0. The maximum Gasteiger partial charge on any atom is 0.352 e. The zero-order valence-corrected chi connectivity index (χ0v) is 7.21. The van der Waals surface area contributed by atoms with Gasteiger partial charge in [0.05, 0.1) is 6.20 Å². The average Bonchev–Trinajstić information content (AvgIpc) is 2.71. The lowest BCUT2D eigenvalue weighted by Gasteiger charge is -2.16. The van der Waals surface area contributed by atoms with Gasteiger partial charge < -0.3 is 5.11 Å². The minimum Gasteiger partial charge on any atom is -0.477 e. The van der Waals surface area contributed by atoms with E-state index in [4.69, 9.17) is 5.11 Å². The Balaban J connectivity index is 2.25. The van der Waals surface area contributed by atoms with Gasteiger partial charge in [-0.1, -0.05) is 6.08 Å². The molecular formula is C8H8N4O2. The van der Waals surface area contributed by atoms with E-state index in [1.807, 2.05) is 0 Å². The largest absolute Gasteiger partial charge is 0.477 e. The number of aromatic nitrogens is 2. The molecule has 0 amide bonds. The van der Waals surface area contributed by atoms with Crippen molar-refractivity contribution in [1.29, 1.82) is 0 Å². The van der Waals surface area contributed by atoms with Gasteiger partial charge >= 0.3 is 5.97 Å². The second-order valence-corrected chi connectivity index (χ2v) is 2.74. The highest BCUT2D eigenvalue weighted by molar-refractivity contribution is 6.36. The number of carboxylic acids is 1. The van der Waals surface area contributed by atoms with Crippen molar-refractivity contribution in [2.75, 3.05) is 5.01 Å². The number of hydrogen-bond acceptors (Lipinski definition) is 4. The van der Waals surface area contributed by atoms with Crippen LogP contribution in [0.3, 0.4) is 0 Å². The first-order valence-corrected chi connectivity index (χ1v) is 4.03. The molecule has 0 unspecified atom stereocenters. The van der Waals surface area contributed by atoms with E-state index in [1.54, 1.807) is 24.7 Å². The number of carboxylic acid groups (broad SMARTS) is 1. The smallest absolute Gasteiger partial charge is 0.352 e. The molecule has 2 N–H and O–H groups in total. The van der Waals surface area contributed by atoms with E-state index in [0.717, 1.165) is 0 Å². The molecule has 1 aliphatic rings. The number of rotatable bonds is 2. The van der Waals surface area contributed by atoms with E-state index in [0.29, 0.717) is 12.1 Å². The van der Waals surface area contributed by atoms with Crippen LogP contribution < -0.4 is 5.01 Å². The third kappa shape index (κ3) is 1.49. The normalized spacial score (nSPS) is 15.4. The van der Waals surface area contributed by atoms with E-state index in [1.165, 1.54) is 5.01 Å². The summed E-state index contributed by atoms with van der Waals surface area (Å²) in [7, 11) is 0. The predicted molar refractivity (Wildman–Crippen MR) is 49.9 cm³/mol. The molecule has 0 fully saturated rings. The van der Waals surface area contributed by atoms with Crippen LogP contribution in [-0.2, 0) is 4.79 Å². The average molecular weight is 192 g/mol. The van der Waals surface area contributed by atoms with Gasteiger partial charge in [0, 0.05) is 18.8 Å². The van der Waals surface area contributed by atoms with Gasteiger partial charge in [-0.05, 0) is 0 Å². The van der Waals surface area contributed by atoms with Gasteiger partial charge in [-0.25, -0.2) is 9.80 Å². The zero-order valence-electron chi connectivity index (χ0n) is 7.21. The molecular weight excluding hydrogens is 184 g/mol. The molecule has 6 heteroatoms. The first-order valence-electron chi connectivity index (χ1n) is 4.03. The van der Waals surface area contributed by atoms with Crippen molar-refractivity contribution in [3.05, 3.63) is 24.7 Å². The molecule has 0 aliphatic carbocycles. The van der Waals surface area contributed by atoms with Crippen molar-refractivity contribution < 1.29 is 9.90 Å². The minimum absolute atomic E-state index is 0.119. The summed E-state index contributed by atoms with van der Waals surface area (Å²) in [6.07, 6.45) is 7.00. The van der Waals surface area contributed by atoms with E-state index in [-0.39, 0.29) is 5.71 Å². The van der Waals surface area contributed by atoms with Crippen molar-refractivity contribution >= 4 is 17.4 Å². The van der Waals surface area contributed by atoms with E-state index in [9.17, 15) is 4.79 Å². The lowest BCUT2D eigenvalue weighted by Crippen LogP contribution is -2.21. The van der Waals surface area contributed by atoms with Gasteiger partial charge in [-0.2, -0.15) is 10.2 Å². The Morgan fingerprint density at radius 1 is 1.64 bits per heavy atom. The predicted octanol–water partition coefficient (Wildman–Crippen LogP) is 0.574. The number of nitrogens with zero attached hydrogens (tertiary/aromatic N) is 3. The fourth-order valence-electron chi connectivity index (χ4n) is 1.11. The van der Waals surface area contributed by atoms with Crippen LogP contribution in [0.15, 0.2) is 29.8 Å². The van der Waals surface area contributed by atoms with Crippen molar-refractivity contribution in [3.63, 3.8) is 0 Å².